The molecular formula is C80H86FN9O5. The molecule has 0 bridgehead atoms. The van der Waals surface area contributed by atoms with Gasteiger partial charge in [-0.05, 0) is 246 Å². The van der Waals surface area contributed by atoms with Gasteiger partial charge >= 0.3 is 0 Å². The molecule has 1 saturated heterocycles. The number of methoxy groups -OCH3 is 1. The summed E-state index contributed by atoms with van der Waals surface area (Å²) in [4.78, 5) is 53.5. The van der Waals surface area contributed by atoms with Gasteiger partial charge in [-0.2, -0.15) is 0 Å². The Morgan fingerprint density at radius 3 is 1.25 bits per heavy atom. The van der Waals surface area contributed by atoms with Gasteiger partial charge in [0.05, 0.1) is 38.1 Å². The number of nitrogens with one attached hydrogen (secondary N) is 5. The van der Waals surface area contributed by atoms with Gasteiger partial charge in [-0.3, -0.25) is 29.3 Å². The first kappa shape index (κ1) is 68.8. The van der Waals surface area contributed by atoms with Gasteiger partial charge in [0.15, 0.2) is 0 Å². The van der Waals surface area contributed by atoms with Crippen LogP contribution in [0.5, 0.6) is 5.75 Å². The van der Waals surface area contributed by atoms with Crippen molar-refractivity contribution in [2.75, 3.05) is 64.9 Å². The number of halogens is 1. The van der Waals surface area contributed by atoms with Gasteiger partial charge in [0, 0.05) is 107 Å². The summed E-state index contributed by atoms with van der Waals surface area (Å²) in [5.74, 6) is -1.03. The lowest BCUT2D eigenvalue weighted by atomic mass is 9.95. The SMILES string of the molecule is COc1cc(NC(=O)[C@H](C)c2cc(F)cc(-c3ccc(N4CCOCC4)cc3)c2)ccc1-c1ccnc(C)c1.Cc1cc(-c2ccc(NC(=O)C(C)c3ccc(NC(C)C)cc3)cc2)ccn1.Cc1cc(-c2ccc(NC(=O)C(C)c3ccc(NC(C)C)cc3)cc2)ccn1. The molecule has 5 N–H and O–H groups in total. The van der Waals surface area contributed by atoms with E-state index in [1.165, 1.54) is 12.1 Å². The molecule has 2 unspecified atom stereocenters. The largest absolute Gasteiger partial charge is 0.496 e. The third-order valence-corrected chi connectivity index (χ3v) is 16.4. The van der Waals surface area contributed by atoms with Crippen LogP contribution in [0.3, 0.4) is 0 Å². The maximum atomic E-state index is 14.7. The van der Waals surface area contributed by atoms with Gasteiger partial charge in [-0.1, -0.05) is 66.7 Å². The molecule has 0 spiro atoms. The van der Waals surface area contributed by atoms with Crippen LogP contribution in [0.4, 0.5) is 38.5 Å². The number of pyridine rings is 3. The number of hydrogen-bond donors (Lipinski definition) is 5. The van der Waals surface area contributed by atoms with E-state index in [4.69, 9.17) is 9.47 Å². The number of aryl methyl sites for hydroxylation is 3. The molecule has 0 saturated carbocycles. The molecule has 15 heteroatoms. The van der Waals surface area contributed by atoms with Crippen LogP contribution < -0.4 is 36.2 Å². The van der Waals surface area contributed by atoms with Crippen LogP contribution >= 0.6 is 0 Å². The monoisotopic (exact) mass is 1270 g/mol. The third-order valence-electron chi connectivity index (χ3n) is 16.4. The van der Waals surface area contributed by atoms with E-state index in [-0.39, 0.29) is 35.4 Å². The van der Waals surface area contributed by atoms with E-state index in [2.05, 4.69) is 74.1 Å². The second kappa shape index (κ2) is 32.9. The molecule has 95 heavy (non-hydrogen) atoms. The van der Waals surface area contributed by atoms with Crippen LogP contribution in [0.15, 0.2) is 213 Å². The predicted molar refractivity (Wildman–Crippen MR) is 386 cm³/mol. The van der Waals surface area contributed by atoms with Crippen molar-refractivity contribution in [1.29, 1.82) is 0 Å². The number of amides is 3. The standard InChI is InChI=1S/C32H32FN3O3.2C24H27N3O/c1-21-16-24(10-11-34-21)30-9-6-28(20-31(30)38-3)35-32(37)22(2)25-17-26(19-27(33)18-25)23-4-7-29(8-5-23)36-12-14-39-15-13-36;2*1-16(2)26-22-9-5-19(6-10-22)18(4)24(28)27-23-11-7-20(8-12-23)21-13-14-25-17(3)15-21/h4-11,16-20,22H,12-15H2,1-3H3,(H,35,37);2*5-16,18,26H,1-4H3,(H,27,28)/t22-;;/m1../s1. The van der Waals surface area contributed by atoms with Crippen molar-refractivity contribution >= 4 is 51.8 Å². The minimum atomic E-state index is -0.569. The molecule has 3 amide bonds. The number of anilines is 6. The zero-order chi connectivity index (χ0) is 67.5. The molecule has 0 aliphatic carbocycles. The molecule has 11 rings (SSSR count). The molecule has 14 nitrogen and oxygen atoms in total. The summed E-state index contributed by atoms with van der Waals surface area (Å²) in [6.07, 6.45) is 5.38. The lowest BCUT2D eigenvalue weighted by Gasteiger charge is -2.29. The Labute approximate surface area is 558 Å². The topological polar surface area (TPSA) is 172 Å². The van der Waals surface area contributed by atoms with E-state index in [1.54, 1.807) is 26.3 Å². The van der Waals surface area contributed by atoms with Crippen LogP contribution in [0, 0.1) is 26.6 Å². The zero-order valence-electron chi connectivity index (χ0n) is 56.1. The zero-order valence-corrected chi connectivity index (χ0v) is 56.1. The van der Waals surface area contributed by atoms with Gasteiger partial charge in [0.1, 0.15) is 11.6 Å². The summed E-state index contributed by atoms with van der Waals surface area (Å²) in [5, 5.41) is 15.7. The fourth-order valence-corrected chi connectivity index (χ4v) is 11.0. The second-order valence-electron chi connectivity index (χ2n) is 24.5. The number of hydrogen-bond acceptors (Lipinski definition) is 11. The van der Waals surface area contributed by atoms with Crippen molar-refractivity contribution in [2.24, 2.45) is 0 Å². The first-order valence-electron chi connectivity index (χ1n) is 32.3. The van der Waals surface area contributed by atoms with E-state index in [0.29, 0.717) is 29.1 Å². The van der Waals surface area contributed by atoms with E-state index in [9.17, 15) is 18.8 Å². The molecule has 488 valence electrons. The van der Waals surface area contributed by atoms with E-state index in [1.807, 2.05) is 223 Å². The lowest BCUT2D eigenvalue weighted by molar-refractivity contribution is -0.118. The fraction of sp³-hybridized carbons (Fsp3) is 0.250. The van der Waals surface area contributed by atoms with Gasteiger partial charge in [-0.15, -0.1) is 0 Å². The predicted octanol–water partition coefficient (Wildman–Crippen LogP) is 17.7. The number of carbonyl (C=O) groups is 3. The highest BCUT2D eigenvalue weighted by molar-refractivity contribution is 5.98. The normalized spacial score (nSPS) is 12.8. The van der Waals surface area contributed by atoms with E-state index < -0.39 is 5.92 Å². The Balaban J connectivity index is 0.000000171. The molecule has 0 radical (unpaired) electrons. The van der Waals surface area contributed by atoms with E-state index in [0.717, 1.165) is 127 Å². The van der Waals surface area contributed by atoms with Crippen LogP contribution in [-0.4, -0.2) is 78.2 Å². The number of ether oxygens (including phenoxy) is 2. The molecule has 1 fully saturated rings. The minimum absolute atomic E-state index is 0.0166. The smallest absolute Gasteiger partial charge is 0.231 e. The Morgan fingerprint density at radius 1 is 0.421 bits per heavy atom. The number of nitrogens with zero attached hydrogens (tertiary/aromatic N) is 4. The summed E-state index contributed by atoms with van der Waals surface area (Å²) in [6, 6.07) is 63.1. The molecule has 10 aromatic rings. The molecular weight excluding hydrogens is 1190 g/mol. The van der Waals surface area contributed by atoms with E-state index >= 15 is 0 Å². The van der Waals surface area contributed by atoms with Crippen LogP contribution in [-0.2, 0) is 19.1 Å². The number of carbonyl (C=O) groups excluding carboxylic acids is 3. The molecule has 3 atom stereocenters. The van der Waals surface area contributed by atoms with Gasteiger partial charge in [0.2, 0.25) is 17.7 Å². The Bertz CT molecular complexity index is 4020. The summed E-state index contributed by atoms with van der Waals surface area (Å²) in [5.41, 5.74) is 18.9. The average molecular weight is 1270 g/mol. The molecule has 7 aromatic carbocycles. The quantitative estimate of drug-likeness (QED) is 0.0522. The highest BCUT2D eigenvalue weighted by atomic mass is 19.1. The fourth-order valence-electron chi connectivity index (χ4n) is 11.0. The maximum absolute atomic E-state index is 14.7. The second-order valence-corrected chi connectivity index (χ2v) is 24.5. The minimum Gasteiger partial charge on any atom is -0.496 e. The average Bonchev–Trinajstić information content (AvgIpc) is 1.02. The van der Waals surface area contributed by atoms with Gasteiger partial charge < -0.3 is 41.0 Å². The van der Waals surface area contributed by atoms with Crippen molar-refractivity contribution in [3.05, 3.63) is 252 Å². The maximum Gasteiger partial charge on any atom is 0.231 e. The van der Waals surface area contributed by atoms with Gasteiger partial charge in [0.25, 0.3) is 0 Å². The van der Waals surface area contributed by atoms with Crippen molar-refractivity contribution in [3.8, 4) is 50.3 Å². The summed E-state index contributed by atoms with van der Waals surface area (Å²) in [6.45, 7) is 23.1. The van der Waals surface area contributed by atoms with Crippen molar-refractivity contribution < 1.29 is 28.2 Å². The molecule has 1 aliphatic rings. The number of morpholine rings is 1. The van der Waals surface area contributed by atoms with Gasteiger partial charge in [-0.25, -0.2) is 4.39 Å². The highest BCUT2D eigenvalue weighted by Crippen LogP contribution is 2.35. The molecule has 4 heterocycles. The number of rotatable bonds is 19. The van der Waals surface area contributed by atoms with Crippen LogP contribution in [0.2, 0.25) is 0 Å². The Morgan fingerprint density at radius 2 is 0.811 bits per heavy atom. The first-order chi connectivity index (χ1) is 45.7. The summed E-state index contributed by atoms with van der Waals surface area (Å²) >= 11 is 0. The first-order valence-corrected chi connectivity index (χ1v) is 32.3. The summed E-state index contributed by atoms with van der Waals surface area (Å²) < 4.78 is 25.7. The number of aromatic nitrogens is 3. The molecule has 3 aromatic heterocycles. The van der Waals surface area contributed by atoms with Crippen molar-refractivity contribution in [2.45, 2.75) is 99.1 Å². The van der Waals surface area contributed by atoms with Crippen LogP contribution in [0.1, 0.15) is 100.0 Å². The van der Waals surface area contributed by atoms with Crippen LogP contribution in [0.25, 0.3) is 44.5 Å². The highest BCUT2D eigenvalue weighted by Gasteiger charge is 2.21. The summed E-state index contributed by atoms with van der Waals surface area (Å²) in [7, 11) is 1.60. The third kappa shape index (κ3) is 19.5. The Hall–Kier alpha value is -10.5. The Kier molecular flexibility index (Phi) is 23.8. The van der Waals surface area contributed by atoms with Crippen molar-refractivity contribution in [3.63, 3.8) is 0 Å². The molecule has 1 aliphatic heterocycles. The van der Waals surface area contributed by atoms with Crippen molar-refractivity contribution in [1.82, 2.24) is 15.0 Å². The number of benzene rings is 7. The lowest BCUT2D eigenvalue weighted by Crippen LogP contribution is -2.36.